The van der Waals surface area contributed by atoms with Crippen molar-refractivity contribution in [2.24, 2.45) is 0 Å². The second kappa shape index (κ2) is 5.11. The Labute approximate surface area is 108 Å². The number of aliphatic hydroxyl groups is 1. The Morgan fingerprint density at radius 1 is 1.22 bits per heavy atom. The third kappa shape index (κ3) is 3.10. The van der Waals surface area contributed by atoms with Crippen molar-refractivity contribution in [2.75, 3.05) is 13.1 Å². The van der Waals surface area contributed by atoms with Crippen LogP contribution in [0.5, 0.6) is 0 Å². The molecule has 2 rings (SSSR count). The van der Waals surface area contributed by atoms with Crippen molar-refractivity contribution in [1.82, 2.24) is 4.90 Å². The summed E-state index contributed by atoms with van der Waals surface area (Å²) in [5, 5.41) is 10.0. The average molecular weight is 247 g/mol. The average Bonchev–Trinajstić information content (AvgIpc) is 2.50. The zero-order chi connectivity index (χ0) is 13.2. The van der Waals surface area contributed by atoms with Gasteiger partial charge in [-0.25, -0.2) is 0 Å². The summed E-state index contributed by atoms with van der Waals surface area (Å²) >= 11 is 0. The van der Waals surface area contributed by atoms with Crippen LogP contribution in [0, 0.1) is 6.92 Å². The van der Waals surface area contributed by atoms with Gasteiger partial charge in [-0.15, -0.1) is 0 Å². The monoisotopic (exact) mass is 247 g/mol. The summed E-state index contributed by atoms with van der Waals surface area (Å²) in [4.78, 5) is 14.2. The van der Waals surface area contributed by atoms with E-state index in [1.165, 1.54) is 0 Å². The van der Waals surface area contributed by atoms with Crippen LogP contribution in [0.25, 0.3) is 0 Å². The lowest BCUT2D eigenvalue weighted by Crippen LogP contribution is -2.33. The van der Waals surface area contributed by atoms with E-state index in [9.17, 15) is 9.90 Å². The van der Waals surface area contributed by atoms with E-state index < -0.39 is 5.60 Å². The number of benzene rings is 1. The smallest absolute Gasteiger partial charge is 0.253 e. The number of carbonyl (C=O) groups is 1. The summed E-state index contributed by atoms with van der Waals surface area (Å²) in [5.74, 6) is 0.0766. The Kier molecular flexibility index (Phi) is 3.71. The van der Waals surface area contributed by atoms with Gasteiger partial charge < -0.3 is 10.0 Å². The molecular formula is C15H21NO2. The molecule has 18 heavy (non-hydrogen) atoms. The van der Waals surface area contributed by atoms with Gasteiger partial charge in [-0.05, 0) is 45.2 Å². The fourth-order valence-electron chi connectivity index (χ4n) is 2.35. The summed E-state index contributed by atoms with van der Waals surface area (Å²) in [6.07, 6.45) is 2.29. The van der Waals surface area contributed by atoms with Crippen LogP contribution in [-0.2, 0) is 0 Å². The lowest BCUT2D eigenvalue weighted by atomic mass is 9.98. The molecule has 3 nitrogen and oxygen atoms in total. The van der Waals surface area contributed by atoms with E-state index in [-0.39, 0.29) is 5.91 Å². The molecule has 1 aromatic carbocycles. The summed E-state index contributed by atoms with van der Waals surface area (Å²) in [6, 6.07) is 7.67. The first kappa shape index (κ1) is 13.1. The van der Waals surface area contributed by atoms with Crippen molar-refractivity contribution in [1.29, 1.82) is 0 Å². The highest BCUT2D eigenvalue weighted by atomic mass is 16.3. The first-order valence-corrected chi connectivity index (χ1v) is 6.56. The van der Waals surface area contributed by atoms with Gasteiger partial charge in [-0.3, -0.25) is 4.79 Å². The molecule has 1 N–H and O–H groups in total. The van der Waals surface area contributed by atoms with Crippen LogP contribution in [0.1, 0.15) is 42.1 Å². The second-order valence-electron chi connectivity index (χ2n) is 5.51. The molecule has 1 heterocycles. The third-order valence-corrected chi connectivity index (χ3v) is 3.65. The van der Waals surface area contributed by atoms with Gasteiger partial charge in [0.15, 0.2) is 0 Å². The maximum absolute atomic E-state index is 12.3. The molecule has 1 aromatic rings. The molecule has 1 saturated heterocycles. The van der Waals surface area contributed by atoms with Gasteiger partial charge in [0.2, 0.25) is 0 Å². The molecule has 1 fully saturated rings. The predicted octanol–water partition coefficient (Wildman–Crippen LogP) is 2.37. The normalized spacial score (nSPS) is 24.7. The molecule has 0 radical (unpaired) electrons. The molecule has 1 aliphatic rings. The van der Waals surface area contributed by atoms with Crippen molar-refractivity contribution in [3.05, 3.63) is 35.4 Å². The van der Waals surface area contributed by atoms with Crippen LogP contribution in [-0.4, -0.2) is 34.6 Å². The number of likely N-dealkylation sites (tertiary alicyclic amines) is 1. The predicted molar refractivity (Wildman–Crippen MR) is 71.6 cm³/mol. The summed E-state index contributed by atoms with van der Waals surface area (Å²) < 4.78 is 0. The van der Waals surface area contributed by atoms with Gasteiger partial charge in [0.1, 0.15) is 0 Å². The highest BCUT2D eigenvalue weighted by Gasteiger charge is 2.27. The SMILES string of the molecule is Cc1ccc(C(=O)N2CCCC(C)(O)CC2)cc1. The Hall–Kier alpha value is -1.35. The fraction of sp³-hybridized carbons (Fsp3) is 0.533. The third-order valence-electron chi connectivity index (χ3n) is 3.65. The molecule has 1 atom stereocenters. The van der Waals surface area contributed by atoms with Gasteiger partial charge in [-0.1, -0.05) is 17.7 Å². The van der Waals surface area contributed by atoms with Crippen LogP contribution in [0.4, 0.5) is 0 Å². The molecule has 1 amide bonds. The standard InChI is InChI=1S/C15H21NO2/c1-12-4-6-13(7-5-12)14(17)16-10-3-8-15(2,18)9-11-16/h4-7,18H,3,8-11H2,1-2H3. The molecule has 1 unspecified atom stereocenters. The van der Waals surface area contributed by atoms with Crippen LogP contribution in [0.15, 0.2) is 24.3 Å². The molecule has 0 aromatic heterocycles. The minimum absolute atomic E-state index is 0.0766. The summed E-state index contributed by atoms with van der Waals surface area (Å²) in [5.41, 5.74) is 1.27. The first-order chi connectivity index (χ1) is 8.48. The number of hydrogen-bond acceptors (Lipinski definition) is 2. The van der Waals surface area contributed by atoms with Gasteiger partial charge in [-0.2, -0.15) is 0 Å². The van der Waals surface area contributed by atoms with Crippen molar-refractivity contribution in [2.45, 2.75) is 38.7 Å². The Morgan fingerprint density at radius 3 is 2.56 bits per heavy atom. The van der Waals surface area contributed by atoms with Crippen molar-refractivity contribution < 1.29 is 9.90 Å². The van der Waals surface area contributed by atoms with Gasteiger partial charge >= 0.3 is 0 Å². The Balaban J connectivity index is 2.07. The maximum atomic E-state index is 12.3. The number of aryl methyl sites for hydroxylation is 1. The van der Waals surface area contributed by atoms with Crippen LogP contribution in [0.3, 0.4) is 0 Å². The molecule has 1 aliphatic heterocycles. The van der Waals surface area contributed by atoms with E-state index in [2.05, 4.69) is 0 Å². The largest absolute Gasteiger partial charge is 0.390 e. The Morgan fingerprint density at radius 2 is 1.89 bits per heavy atom. The molecule has 0 saturated carbocycles. The van der Waals surface area contributed by atoms with Crippen LogP contribution in [0.2, 0.25) is 0 Å². The highest BCUT2D eigenvalue weighted by Crippen LogP contribution is 2.22. The summed E-state index contributed by atoms with van der Waals surface area (Å²) in [7, 11) is 0. The number of amides is 1. The van der Waals surface area contributed by atoms with E-state index in [1.807, 2.05) is 43.0 Å². The highest BCUT2D eigenvalue weighted by molar-refractivity contribution is 5.94. The number of nitrogens with zero attached hydrogens (tertiary/aromatic N) is 1. The molecule has 3 heteroatoms. The first-order valence-electron chi connectivity index (χ1n) is 6.56. The number of rotatable bonds is 1. The maximum Gasteiger partial charge on any atom is 0.253 e. The van der Waals surface area contributed by atoms with Crippen molar-refractivity contribution in [3.63, 3.8) is 0 Å². The molecule has 0 aliphatic carbocycles. The van der Waals surface area contributed by atoms with Crippen LogP contribution >= 0.6 is 0 Å². The zero-order valence-corrected chi connectivity index (χ0v) is 11.1. The lowest BCUT2D eigenvalue weighted by molar-refractivity contribution is 0.0438. The second-order valence-corrected chi connectivity index (χ2v) is 5.51. The van der Waals surface area contributed by atoms with E-state index in [1.54, 1.807) is 0 Å². The van der Waals surface area contributed by atoms with E-state index >= 15 is 0 Å². The number of hydrogen-bond donors (Lipinski definition) is 1. The zero-order valence-electron chi connectivity index (χ0n) is 11.1. The summed E-state index contributed by atoms with van der Waals surface area (Å²) in [6.45, 7) is 5.24. The molecule has 0 spiro atoms. The lowest BCUT2D eigenvalue weighted by Gasteiger charge is -2.22. The van der Waals surface area contributed by atoms with Crippen LogP contribution < -0.4 is 0 Å². The van der Waals surface area contributed by atoms with Crippen molar-refractivity contribution in [3.8, 4) is 0 Å². The quantitative estimate of drug-likeness (QED) is 0.827. The minimum Gasteiger partial charge on any atom is -0.390 e. The fourth-order valence-corrected chi connectivity index (χ4v) is 2.35. The molecular weight excluding hydrogens is 226 g/mol. The Bertz CT molecular complexity index is 423. The van der Waals surface area contributed by atoms with Gasteiger partial charge in [0.05, 0.1) is 5.60 Å². The molecule has 98 valence electrons. The molecule has 0 bridgehead atoms. The van der Waals surface area contributed by atoms with E-state index in [0.717, 1.165) is 30.5 Å². The van der Waals surface area contributed by atoms with E-state index in [0.29, 0.717) is 13.0 Å². The van der Waals surface area contributed by atoms with Gasteiger partial charge in [0.25, 0.3) is 5.91 Å². The van der Waals surface area contributed by atoms with E-state index in [4.69, 9.17) is 0 Å². The van der Waals surface area contributed by atoms with Gasteiger partial charge in [0, 0.05) is 18.7 Å². The number of carbonyl (C=O) groups excluding carboxylic acids is 1. The topological polar surface area (TPSA) is 40.5 Å². The van der Waals surface area contributed by atoms with Crippen molar-refractivity contribution >= 4 is 5.91 Å². The minimum atomic E-state index is -0.623.